The second-order valence-electron chi connectivity index (χ2n) is 5.85. The average Bonchev–Trinajstić information content (AvgIpc) is 2.75. The second kappa shape index (κ2) is 11.9. The van der Waals surface area contributed by atoms with E-state index in [9.17, 15) is 9.59 Å². The molecule has 2 N–H and O–H groups in total. The van der Waals surface area contributed by atoms with Crippen molar-refractivity contribution in [2.45, 2.75) is 13.8 Å². The van der Waals surface area contributed by atoms with Crippen molar-refractivity contribution in [2.24, 2.45) is 5.10 Å². The normalized spacial score (nSPS) is 10.3. The summed E-state index contributed by atoms with van der Waals surface area (Å²) in [6, 6.07) is 11.9. The van der Waals surface area contributed by atoms with E-state index in [1.54, 1.807) is 48.5 Å². The van der Waals surface area contributed by atoms with E-state index in [0.29, 0.717) is 48.3 Å². The van der Waals surface area contributed by atoms with Crippen LogP contribution in [0.5, 0.6) is 17.2 Å². The minimum absolute atomic E-state index is 0.354. The molecule has 2 aromatic carbocycles. The molecule has 8 nitrogen and oxygen atoms in total. The van der Waals surface area contributed by atoms with E-state index in [0.717, 1.165) is 0 Å². The van der Waals surface area contributed by atoms with Crippen molar-refractivity contribution < 1.29 is 23.8 Å². The van der Waals surface area contributed by atoms with Gasteiger partial charge < -0.3 is 19.5 Å². The highest BCUT2D eigenvalue weighted by atomic mass is 16.5. The standard InChI is InChI=1S/C22H25N3O5/c1-4-13-30-19-12-7-16(14-20(19)29-6-3)15-23-25-22(27)21(26)24-17-8-10-18(11-9-17)28-5-2/h4,7-12,14-15H,1,5-6,13H2,2-3H3,(H,24,26)(H,25,27)/b23-15+. The van der Waals surface area contributed by atoms with Crippen LogP contribution >= 0.6 is 0 Å². The van der Waals surface area contributed by atoms with Crippen LogP contribution < -0.4 is 25.0 Å². The van der Waals surface area contributed by atoms with Crippen LogP contribution in [0.15, 0.2) is 60.2 Å². The highest BCUT2D eigenvalue weighted by Gasteiger charge is 2.13. The molecular formula is C22H25N3O5. The number of hydrogen-bond donors (Lipinski definition) is 2. The summed E-state index contributed by atoms with van der Waals surface area (Å²) >= 11 is 0. The Labute approximate surface area is 175 Å². The van der Waals surface area contributed by atoms with Gasteiger partial charge in [-0.2, -0.15) is 5.10 Å². The molecule has 0 radical (unpaired) electrons. The summed E-state index contributed by atoms with van der Waals surface area (Å²) in [5.74, 6) is 0.0722. The number of carbonyl (C=O) groups excluding carboxylic acids is 2. The number of nitrogens with one attached hydrogen (secondary N) is 2. The molecular weight excluding hydrogens is 386 g/mol. The van der Waals surface area contributed by atoms with Crippen molar-refractivity contribution in [2.75, 3.05) is 25.1 Å². The van der Waals surface area contributed by atoms with Crippen LogP contribution in [0.1, 0.15) is 19.4 Å². The molecule has 0 saturated carbocycles. The maximum Gasteiger partial charge on any atom is 0.329 e. The fourth-order valence-electron chi connectivity index (χ4n) is 2.35. The third-order valence-electron chi connectivity index (χ3n) is 3.63. The summed E-state index contributed by atoms with van der Waals surface area (Å²) in [5.41, 5.74) is 3.33. The van der Waals surface area contributed by atoms with E-state index >= 15 is 0 Å². The summed E-state index contributed by atoms with van der Waals surface area (Å²) in [7, 11) is 0. The summed E-state index contributed by atoms with van der Waals surface area (Å²) in [5, 5.41) is 6.31. The van der Waals surface area contributed by atoms with E-state index in [-0.39, 0.29) is 0 Å². The summed E-state index contributed by atoms with van der Waals surface area (Å²) in [6.07, 6.45) is 3.04. The molecule has 0 aliphatic carbocycles. The van der Waals surface area contributed by atoms with Gasteiger partial charge in [0.2, 0.25) is 0 Å². The maximum absolute atomic E-state index is 12.0. The molecule has 0 aromatic heterocycles. The van der Waals surface area contributed by atoms with Gasteiger partial charge in [-0.1, -0.05) is 12.7 Å². The Morgan fingerprint density at radius 1 is 0.967 bits per heavy atom. The first kappa shape index (κ1) is 22.5. The molecule has 30 heavy (non-hydrogen) atoms. The quantitative estimate of drug-likeness (QED) is 0.271. The molecule has 8 heteroatoms. The zero-order chi connectivity index (χ0) is 21.8. The molecule has 0 aliphatic rings. The third kappa shape index (κ3) is 6.97. The van der Waals surface area contributed by atoms with Gasteiger partial charge in [0.25, 0.3) is 0 Å². The SMILES string of the molecule is C=CCOc1ccc(/C=N/NC(=O)C(=O)Nc2ccc(OCC)cc2)cc1OCC. The minimum atomic E-state index is -0.892. The van der Waals surface area contributed by atoms with Gasteiger partial charge in [0.1, 0.15) is 12.4 Å². The van der Waals surface area contributed by atoms with Gasteiger partial charge >= 0.3 is 11.8 Å². The number of amides is 2. The molecule has 2 rings (SSSR count). The smallest absolute Gasteiger partial charge is 0.329 e. The maximum atomic E-state index is 12.0. The van der Waals surface area contributed by atoms with Crippen LogP contribution in [0.2, 0.25) is 0 Å². The Hall–Kier alpha value is -3.81. The van der Waals surface area contributed by atoms with Crippen LogP contribution in [0.25, 0.3) is 0 Å². The predicted molar refractivity (Wildman–Crippen MR) is 115 cm³/mol. The first-order chi connectivity index (χ1) is 14.6. The first-order valence-electron chi connectivity index (χ1n) is 9.45. The Morgan fingerprint density at radius 3 is 2.37 bits per heavy atom. The molecule has 0 aliphatic heterocycles. The van der Waals surface area contributed by atoms with Crippen molar-refractivity contribution in [3.8, 4) is 17.2 Å². The number of ether oxygens (including phenoxy) is 3. The number of benzene rings is 2. The number of hydrogen-bond acceptors (Lipinski definition) is 6. The number of nitrogens with zero attached hydrogens (tertiary/aromatic N) is 1. The van der Waals surface area contributed by atoms with Crippen molar-refractivity contribution in [1.82, 2.24) is 5.43 Å². The highest BCUT2D eigenvalue weighted by Crippen LogP contribution is 2.28. The lowest BCUT2D eigenvalue weighted by Gasteiger charge is -2.11. The number of rotatable bonds is 10. The first-order valence-corrected chi connectivity index (χ1v) is 9.45. The zero-order valence-electron chi connectivity index (χ0n) is 17.0. The third-order valence-corrected chi connectivity index (χ3v) is 3.63. The zero-order valence-corrected chi connectivity index (χ0v) is 17.0. The van der Waals surface area contributed by atoms with Gasteiger partial charge in [-0.3, -0.25) is 9.59 Å². The van der Waals surface area contributed by atoms with Gasteiger partial charge in [-0.15, -0.1) is 0 Å². The van der Waals surface area contributed by atoms with E-state index < -0.39 is 11.8 Å². The lowest BCUT2D eigenvalue weighted by atomic mass is 10.2. The summed E-state index contributed by atoms with van der Waals surface area (Å²) in [6.45, 7) is 8.72. The van der Waals surface area contributed by atoms with E-state index in [4.69, 9.17) is 14.2 Å². The van der Waals surface area contributed by atoms with Crippen LogP contribution in [0.3, 0.4) is 0 Å². The van der Waals surface area contributed by atoms with Gasteiger partial charge in [0, 0.05) is 5.69 Å². The Balaban J connectivity index is 1.93. The Bertz CT molecular complexity index is 894. The van der Waals surface area contributed by atoms with E-state index in [1.807, 2.05) is 13.8 Å². The van der Waals surface area contributed by atoms with Crippen molar-refractivity contribution in [3.05, 3.63) is 60.7 Å². The molecule has 0 fully saturated rings. The fraction of sp³-hybridized carbons (Fsp3) is 0.227. The van der Waals surface area contributed by atoms with Crippen molar-refractivity contribution in [3.63, 3.8) is 0 Å². The minimum Gasteiger partial charge on any atom is -0.494 e. The number of anilines is 1. The van der Waals surface area contributed by atoms with Crippen LogP contribution in [0.4, 0.5) is 5.69 Å². The molecule has 2 aromatic rings. The van der Waals surface area contributed by atoms with Crippen molar-refractivity contribution >= 4 is 23.7 Å². The largest absolute Gasteiger partial charge is 0.494 e. The second-order valence-corrected chi connectivity index (χ2v) is 5.85. The fourth-order valence-corrected chi connectivity index (χ4v) is 2.35. The molecule has 0 saturated heterocycles. The molecule has 0 atom stereocenters. The van der Waals surface area contributed by atoms with Gasteiger partial charge in [-0.05, 0) is 61.9 Å². The van der Waals surface area contributed by atoms with E-state index in [1.165, 1.54) is 6.21 Å². The average molecular weight is 411 g/mol. The van der Waals surface area contributed by atoms with Gasteiger partial charge in [0.15, 0.2) is 11.5 Å². The predicted octanol–water partition coefficient (Wildman–Crippen LogP) is 3.14. The van der Waals surface area contributed by atoms with Crippen molar-refractivity contribution in [1.29, 1.82) is 0 Å². The van der Waals surface area contributed by atoms with Crippen LogP contribution in [-0.2, 0) is 9.59 Å². The van der Waals surface area contributed by atoms with Gasteiger partial charge in [-0.25, -0.2) is 5.43 Å². The molecule has 158 valence electrons. The number of hydrazone groups is 1. The molecule has 0 unspecified atom stereocenters. The lowest BCUT2D eigenvalue weighted by Crippen LogP contribution is -2.32. The molecule has 0 bridgehead atoms. The topological polar surface area (TPSA) is 98.2 Å². The van der Waals surface area contributed by atoms with Crippen LogP contribution in [0, 0.1) is 0 Å². The lowest BCUT2D eigenvalue weighted by molar-refractivity contribution is -0.136. The molecule has 0 spiro atoms. The summed E-state index contributed by atoms with van der Waals surface area (Å²) < 4.78 is 16.4. The van der Waals surface area contributed by atoms with E-state index in [2.05, 4.69) is 22.4 Å². The molecule has 0 heterocycles. The van der Waals surface area contributed by atoms with Crippen LogP contribution in [-0.4, -0.2) is 37.8 Å². The monoisotopic (exact) mass is 411 g/mol. The number of carbonyl (C=O) groups is 2. The Morgan fingerprint density at radius 2 is 1.70 bits per heavy atom. The Kier molecular flexibility index (Phi) is 8.92. The highest BCUT2D eigenvalue weighted by molar-refractivity contribution is 6.39. The summed E-state index contributed by atoms with van der Waals surface area (Å²) in [4.78, 5) is 23.9. The molecule has 2 amide bonds. The van der Waals surface area contributed by atoms with Gasteiger partial charge in [0.05, 0.1) is 19.4 Å².